The number of hydrazine groups is 1. The first kappa shape index (κ1) is 11.1. The second-order valence-corrected chi connectivity index (χ2v) is 4.23. The van der Waals surface area contributed by atoms with Gasteiger partial charge in [0.05, 0.1) is 6.20 Å². The summed E-state index contributed by atoms with van der Waals surface area (Å²) < 4.78 is 0. The summed E-state index contributed by atoms with van der Waals surface area (Å²) in [4.78, 5) is 12.7. The highest BCUT2D eigenvalue weighted by molar-refractivity contribution is 6.30. The zero-order valence-electron chi connectivity index (χ0n) is 9.34. The zero-order valence-corrected chi connectivity index (χ0v) is 10.1. The van der Waals surface area contributed by atoms with Crippen molar-refractivity contribution >= 4 is 17.4 Å². The van der Waals surface area contributed by atoms with E-state index in [4.69, 9.17) is 11.6 Å². The minimum atomic E-state index is -0.140. The number of amidine groups is 1. The van der Waals surface area contributed by atoms with Gasteiger partial charge in [-0.1, -0.05) is 23.7 Å². The minimum Gasteiger partial charge on any atom is -0.302 e. The third kappa shape index (κ3) is 2.18. The van der Waals surface area contributed by atoms with Crippen molar-refractivity contribution < 1.29 is 0 Å². The number of aromatic nitrogens is 2. The van der Waals surface area contributed by atoms with Crippen molar-refractivity contribution in [1.29, 1.82) is 0 Å². The van der Waals surface area contributed by atoms with Crippen LogP contribution in [-0.4, -0.2) is 15.8 Å². The highest BCUT2D eigenvalue weighted by Crippen LogP contribution is 2.19. The third-order valence-corrected chi connectivity index (χ3v) is 2.83. The van der Waals surface area contributed by atoms with Crippen LogP contribution in [0.5, 0.6) is 0 Å². The smallest absolute Gasteiger partial charge is 0.165 e. The molecule has 1 aliphatic rings. The van der Waals surface area contributed by atoms with Gasteiger partial charge in [-0.3, -0.25) is 4.98 Å². The van der Waals surface area contributed by atoms with Gasteiger partial charge in [0, 0.05) is 17.4 Å². The van der Waals surface area contributed by atoms with Crippen LogP contribution in [0.3, 0.4) is 0 Å². The molecule has 3 rings (SSSR count). The van der Waals surface area contributed by atoms with Crippen molar-refractivity contribution in [3.8, 4) is 0 Å². The van der Waals surface area contributed by atoms with Gasteiger partial charge in [0.2, 0.25) is 0 Å². The Morgan fingerprint density at radius 3 is 2.67 bits per heavy atom. The average Bonchev–Trinajstić information content (AvgIpc) is 2.90. The molecule has 1 aliphatic heterocycles. The molecule has 0 spiro atoms. The lowest BCUT2D eigenvalue weighted by atomic mass is 10.2. The number of hydrogen-bond acceptors (Lipinski definition) is 5. The molecule has 2 aromatic rings. The summed E-state index contributed by atoms with van der Waals surface area (Å²) in [6, 6.07) is 7.55. The summed E-state index contributed by atoms with van der Waals surface area (Å²) in [6.07, 6.45) is 4.79. The Bertz CT molecular complexity index is 567. The van der Waals surface area contributed by atoms with Gasteiger partial charge < -0.3 is 5.43 Å². The molecule has 0 amide bonds. The highest BCUT2D eigenvalue weighted by atomic mass is 35.5. The molecule has 0 bridgehead atoms. The quantitative estimate of drug-likeness (QED) is 0.862. The molecule has 0 saturated heterocycles. The molecule has 0 fully saturated rings. The van der Waals surface area contributed by atoms with Crippen molar-refractivity contribution in [3.05, 3.63) is 59.1 Å². The fourth-order valence-corrected chi connectivity index (χ4v) is 1.81. The Labute approximate surface area is 109 Å². The van der Waals surface area contributed by atoms with Gasteiger partial charge in [-0.2, -0.15) is 0 Å². The molecular formula is C12H10ClN5. The van der Waals surface area contributed by atoms with Gasteiger partial charge in [-0.05, 0) is 17.7 Å². The topological polar surface area (TPSA) is 62.2 Å². The Hall–Kier alpha value is -1.98. The zero-order chi connectivity index (χ0) is 12.4. The summed E-state index contributed by atoms with van der Waals surface area (Å²) >= 11 is 5.85. The maximum atomic E-state index is 5.85. The lowest BCUT2D eigenvalue weighted by Gasteiger charge is -2.06. The van der Waals surface area contributed by atoms with E-state index >= 15 is 0 Å². The molecule has 0 saturated carbocycles. The number of hydrogen-bond donors (Lipinski definition) is 2. The van der Waals surface area contributed by atoms with E-state index in [1.807, 2.05) is 24.3 Å². The largest absolute Gasteiger partial charge is 0.302 e. The van der Waals surface area contributed by atoms with Crippen LogP contribution >= 0.6 is 11.6 Å². The van der Waals surface area contributed by atoms with E-state index < -0.39 is 0 Å². The highest BCUT2D eigenvalue weighted by Gasteiger charge is 2.19. The van der Waals surface area contributed by atoms with E-state index in [1.165, 1.54) is 0 Å². The van der Waals surface area contributed by atoms with Gasteiger partial charge in [-0.15, -0.1) is 0 Å². The molecule has 6 heteroatoms. The van der Waals surface area contributed by atoms with Crippen molar-refractivity contribution in [2.75, 3.05) is 0 Å². The molecule has 18 heavy (non-hydrogen) atoms. The number of nitrogens with zero attached hydrogens (tertiary/aromatic N) is 3. The van der Waals surface area contributed by atoms with Gasteiger partial charge in [0.25, 0.3) is 0 Å². The van der Waals surface area contributed by atoms with Crippen LogP contribution in [0.4, 0.5) is 0 Å². The first-order valence-electron chi connectivity index (χ1n) is 5.44. The molecule has 0 radical (unpaired) electrons. The van der Waals surface area contributed by atoms with Crippen molar-refractivity contribution in [2.45, 2.75) is 6.17 Å². The van der Waals surface area contributed by atoms with Crippen LogP contribution in [0.1, 0.15) is 17.4 Å². The molecule has 90 valence electrons. The van der Waals surface area contributed by atoms with E-state index in [-0.39, 0.29) is 6.17 Å². The summed E-state index contributed by atoms with van der Waals surface area (Å²) in [6.45, 7) is 0. The first-order valence-corrected chi connectivity index (χ1v) is 5.82. The number of nitrogens with one attached hydrogen (secondary N) is 2. The van der Waals surface area contributed by atoms with Crippen molar-refractivity contribution in [1.82, 2.24) is 20.8 Å². The normalized spacial score (nSPS) is 18.3. The molecule has 2 heterocycles. The Morgan fingerprint density at radius 1 is 1.11 bits per heavy atom. The third-order valence-electron chi connectivity index (χ3n) is 2.58. The van der Waals surface area contributed by atoms with Gasteiger partial charge >= 0.3 is 0 Å². The molecule has 1 atom stereocenters. The van der Waals surface area contributed by atoms with E-state index in [1.54, 1.807) is 18.6 Å². The fraction of sp³-hybridized carbons (Fsp3) is 0.0833. The molecule has 1 unspecified atom stereocenters. The monoisotopic (exact) mass is 259 g/mol. The molecule has 1 aromatic heterocycles. The van der Waals surface area contributed by atoms with Crippen LogP contribution in [-0.2, 0) is 0 Å². The Morgan fingerprint density at radius 2 is 1.94 bits per heavy atom. The molecule has 5 nitrogen and oxygen atoms in total. The maximum absolute atomic E-state index is 5.85. The summed E-state index contributed by atoms with van der Waals surface area (Å²) in [5, 5.41) is 0.711. The van der Waals surface area contributed by atoms with Gasteiger partial charge in [-0.25, -0.2) is 15.4 Å². The fourth-order valence-electron chi connectivity index (χ4n) is 1.68. The molecule has 1 aromatic carbocycles. The van der Waals surface area contributed by atoms with Crippen LogP contribution in [0.2, 0.25) is 5.02 Å². The summed E-state index contributed by atoms with van der Waals surface area (Å²) in [5.41, 5.74) is 7.82. The maximum Gasteiger partial charge on any atom is 0.165 e. The van der Waals surface area contributed by atoms with E-state index in [0.717, 1.165) is 5.56 Å². The van der Waals surface area contributed by atoms with Gasteiger partial charge in [0.1, 0.15) is 11.9 Å². The number of benzene rings is 1. The van der Waals surface area contributed by atoms with Crippen LogP contribution in [0.25, 0.3) is 0 Å². The second-order valence-electron chi connectivity index (χ2n) is 3.79. The first-order chi connectivity index (χ1) is 8.83. The standard InChI is InChI=1S/C12H10ClN5/c13-9-3-1-8(2-4-9)11-16-12(18-17-11)10-7-14-5-6-15-10/h1-7,11,17H,(H,16,18). The molecular weight excluding hydrogens is 250 g/mol. The van der Waals surface area contributed by atoms with Crippen LogP contribution < -0.4 is 10.9 Å². The van der Waals surface area contributed by atoms with E-state index in [2.05, 4.69) is 25.8 Å². The van der Waals surface area contributed by atoms with Crippen molar-refractivity contribution in [3.63, 3.8) is 0 Å². The molecule has 0 aliphatic carbocycles. The SMILES string of the molecule is Clc1ccc(C2N=C(c3cnccn3)NN2)cc1. The number of halogens is 1. The van der Waals surface area contributed by atoms with Crippen LogP contribution in [0.15, 0.2) is 47.8 Å². The van der Waals surface area contributed by atoms with Crippen molar-refractivity contribution in [2.24, 2.45) is 4.99 Å². The number of rotatable bonds is 2. The Balaban J connectivity index is 1.85. The predicted octanol–water partition coefficient (Wildman–Crippen LogP) is 1.68. The lowest BCUT2D eigenvalue weighted by molar-refractivity contribution is 0.575. The Kier molecular flexibility index (Phi) is 2.92. The lowest BCUT2D eigenvalue weighted by Crippen LogP contribution is -2.32. The van der Waals surface area contributed by atoms with E-state index in [0.29, 0.717) is 16.6 Å². The van der Waals surface area contributed by atoms with E-state index in [9.17, 15) is 0 Å². The summed E-state index contributed by atoms with van der Waals surface area (Å²) in [5.74, 6) is 0.683. The van der Waals surface area contributed by atoms with Crippen LogP contribution in [0, 0.1) is 0 Å². The number of aliphatic imine (C=N–C) groups is 1. The summed E-state index contributed by atoms with van der Waals surface area (Å²) in [7, 11) is 0. The minimum absolute atomic E-state index is 0.140. The second kappa shape index (κ2) is 4.72. The molecule has 2 N–H and O–H groups in total. The average molecular weight is 260 g/mol. The predicted molar refractivity (Wildman–Crippen MR) is 69.0 cm³/mol. The van der Waals surface area contributed by atoms with Gasteiger partial charge in [0.15, 0.2) is 5.84 Å².